The Morgan fingerprint density at radius 1 is 1.50 bits per heavy atom. The van der Waals surface area contributed by atoms with Crippen LogP contribution in [0.5, 0.6) is 0 Å². The topological polar surface area (TPSA) is 110 Å². The minimum atomic E-state index is -1.01. The van der Waals surface area contributed by atoms with Crippen molar-refractivity contribution in [3.8, 4) is 0 Å². The zero-order valence-corrected chi connectivity index (χ0v) is 12.0. The number of rotatable bonds is 4. The molecule has 1 unspecified atom stereocenters. The Kier molecular flexibility index (Phi) is 4.71. The number of carbonyl (C=O) groups is 2. The highest BCUT2D eigenvalue weighted by atomic mass is 16.6. The van der Waals surface area contributed by atoms with Gasteiger partial charge in [0.15, 0.2) is 0 Å². The quantitative estimate of drug-likeness (QED) is 0.661. The highest BCUT2D eigenvalue weighted by molar-refractivity contribution is 5.98. The minimum absolute atomic E-state index is 0.0148. The van der Waals surface area contributed by atoms with Crippen molar-refractivity contribution in [2.24, 2.45) is 0 Å². The molecular weight excluding hydrogens is 292 g/mol. The van der Waals surface area contributed by atoms with Crippen LogP contribution in [0.4, 0.5) is 5.69 Å². The lowest BCUT2D eigenvalue weighted by Crippen LogP contribution is -2.46. The molecule has 1 N–H and O–H groups in total. The molecular formula is C14H16N2O6. The van der Waals surface area contributed by atoms with Crippen LogP contribution in [-0.2, 0) is 9.53 Å². The number of aryl methyl sites for hydroxylation is 1. The molecule has 0 aliphatic carbocycles. The highest BCUT2D eigenvalue weighted by Crippen LogP contribution is 2.23. The van der Waals surface area contributed by atoms with Crippen molar-refractivity contribution in [1.82, 2.24) is 4.90 Å². The normalized spacial score (nSPS) is 18.0. The molecule has 22 heavy (non-hydrogen) atoms. The Morgan fingerprint density at radius 2 is 2.23 bits per heavy atom. The van der Waals surface area contributed by atoms with E-state index in [2.05, 4.69) is 0 Å². The third-order valence-corrected chi connectivity index (χ3v) is 3.41. The third kappa shape index (κ3) is 3.59. The van der Waals surface area contributed by atoms with Gasteiger partial charge >= 0.3 is 5.97 Å². The van der Waals surface area contributed by atoms with E-state index in [1.165, 1.54) is 17.0 Å². The van der Waals surface area contributed by atoms with Crippen LogP contribution in [0.25, 0.3) is 0 Å². The van der Waals surface area contributed by atoms with Crippen LogP contribution in [0.3, 0.4) is 0 Å². The number of hydrogen-bond donors (Lipinski definition) is 1. The molecule has 8 heteroatoms. The molecule has 0 radical (unpaired) electrons. The van der Waals surface area contributed by atoms with Gasteiger partial charge in [0.05, 0.1) is 24.1 Å². The summed E-state index contributed by atoms with van der Waals surface area (Å²) in [6.07, 6.45) is -0.807. The number of nitro benzene ring substituents is 1. The van der Waals surface area contributed by atoms with Crippen molar-refractivity contribution in [3.05, 3.63) is 39.4 Å². The molecule has 2 rings (SSSR count). The van der Waals surface area contributed by atoms with Gasteiger partial charge in [0.25, 0.3) is 11.6 Å². The average molecular weight is 308 g/mol. The second-order valence-corrected chi connectivity index (χ2v) is 5.12. The maximum atomic E-state index is 12.5. The molecule has 1 amide bonds. The fourth-order valence-electron chi connectivity index (χ4n) is 2.37. The summed E-state index contributed by atoms with van der Waals surface area (Å²) in [5, 5.41) is 19.9. The van der Waals surface area contributed by atoms with Crippen molar-refractivity contribution in [3.63, 3.8) is 0 Å². The lowest BCUT2D eigenvalue weighted by atomic mass is 10.1. The van der Waals surface area contributed by atoms with Gasteiger partial charge in [-0.05, 0) is 18.6 Å². The molecule has 1 fully saturated rings. The number of benzene rings is 1. The van der Waals surface area contributed by atoms with Crippen molar-refractivity contribution in [1.29, 1.82) is 0 Å². The predicted molar refractivity (Wildman–Crippen MR) is 75.7 cm³/mol. The van der Waals surface area contributed by atoms with Gasteiger partial charge in [-0.15, -0.1) is 0 Å². The number of carboxylic acid groups (broad SMARTS) is 1. The molecule has 1 aliphatic heterocycles. The highest BCUT2D eigenvalue weighted by Gasteiger charge is 2.30. The lowest BCUT2D eigenvalue weighted by molar-refractivity contribution is -0.385. The Bertz CT molecular complexity index is 615. The predicted octanol–water partition coefficient (Wildman–Crippen LogP) is 1.22. The van der Waals surface area contributed by atoms with Crippen LogP contribution in [0.2, 0.25) is 0 Å². The summed E-state index contributed by atoms with van der Waals surface area (Å²) in [5.74, 6) is -1.49. The van der Waals surface area contributed by atoms with E-state index in [1.54, 1.807) is 13.0 Å². The summed E-state index contributed by atoms with van der Waals surface area (Å²) >= 11 is 0. The molecule has 1 aromatic carbocycles. The Morgan fingerprint density at radius 3 is 2.86 bits per heavy atom. The van der Waals surface area contributed by atoms with E-state index in [0.717, 1.165) is 5.56 Å². The van der Waals surface area contributed by atoms with Gasteiger partial charge in [-0.3, -0.25) is 19.7 Å². The summed E-state index contributed by atoms with van der Waals surface area (Å²) in [4.78, 5) is 35.1. The third-order valence-electron chi connectivity index (χ3n) is 3.41. The molecule has 118 valence electrons. The van der Waals surface area contributed by atoms with Gasteiger partial charge < -0.3 is 14.7 Å². The molecule has 1 heterocycles. The van der Waals surface area contributed by atoms with Crippen molar-refractivity contribution in [2.75, 3.05) is 19.7 Å². The van der Waals surface area contributed by atoms with Crippen LogP contribution < -0.4 is 0 Å². The molecule has 0 spiro atoms. The monoisotopic (exact) mass is 308 g/mol. The van der Waals surface area contributed by atoms with Gasteiger partial charge in [0.1, 0.15) is 5.56 Å². The molecule has 1 atom stereocenters. The van der Waals surface area contributed by atoms with Crippen LogP contribution in [0.1, 0.15) is 22.3 Å². The van der Waals surface area contributed by atoms with Crippen LogP contribution in [0, 0.1) is 17.0 Å². The number of nitrogens with zero attached hydrogens (tertiary/aromatic N) is 2. The van der Waals surface area contributed by atoms with Gasteiger partial charge in [-0.25, -0.2) is 0 Å². The Labute approximate surface area is 126 Å². The second kappa shape index (κ2) is 6.52. The summed E-state index contributed by atoms with van der Waals surface area (Å²) in [5.41, 5.74) is 0.502. The van der Waals surface area contributed by atoms with Crippen molar-refractivity contribution in [2.45, 2.75) is 19.4 Å². The molecule has 1 aromatic rings. The van der Waals surface area contributed by atoms with Crippen LogP contribution >= 0.6 is 0 Å². The first kappa shape index (κ1) is 15.9. The van der Waals surface area contributed by atoms with Gasteiger partial charge in [0.2, 0.25) is 0 Å². The van der Waals surface area contributed by atoms with E-state index < -0.39 is 22.9 Å². The molecule has 0 saturated carbocycles. The van der Waals surface area contributed by atoms with E-state index in [-0.39, 0.29) is 37.4 Å². The SMILES string of the molecule is Cc1ccc([N+](=O)[O-])c(C(=O)N2CCOC(CC(=O)O)C2)c1. The average Bonchev–Trinajstić information content (AvgIpc) is 2.45. The number of amides is 1. The standard InChI is InChI=1S/C14H16N2O6/c1-9-2-3-12(16(20)21)11(6-9)14(19)15-4-5-22-10(8-15)7-13(17)18/h2-3,6,10H,4-5,7-8H2,1H3,(H,17,18). The van der Waals surface area contributed by atoms with E-state index >= 15 is 0 Å². The molecule has 8 nitrogen and oxygen atoms in total. The number of morpholine rings is 1. The number of nitro groups is 1. The van der Waals surface area contributed by atoms with Crippen molar-refractivity contribution < 1.29 is 24.4 Å². The number of hydrogen-bond acceptors (Lipinski definition) is 5. The molecule has 1 aliphatic rings. The van der Waals surface area contributed by atoms with Gasteiger partial charge in [0, 0.05) is 19.2 Å². The number of ether oxygens (including phenoxy) is 1. The molecule has 1 saturated heterocycles. The van der Waals surface area contributed by atoms with Crippen LogP contribution in [-0.4, -0.2) is 52.6 Å². The number of carbonyl (C=O) groups excluding carboxylic acids is 1. The largest absolute Gasteiger partial charge is 0.481 e. The Balaban J connectivity index is 2.22. The lowest BCUT2D eigenvalue weighted by Gasteiger charge is -2.32. The first-order chi connectivity index (χ1) is 10.4. The van der Waals surface area contributed by atoms with E-state index in [4.69, 9.17) is 9.84 Å². The fraction of sp³-hybridized carbons (Fsp3) is 0.429. The smallest absolute Gasteiger partial charge is 0.306 e. The summed E-state index contributed by atoms with van der Waals surface area (Å²) in [6.45, 7) is 2.34. The first-order valence-corrected chi connectivity index (χ1v) is 6.76. The van der Waals surface area contributed by atoms with E-state index in [1.807, 2.05) is 0 Å². The molecule has 0 aromatic heterocycles. The summed E-state index contributed by atoms with van der Waals surface area (Å²) in [6, 6.07) is 4.35. The number of carboxylic acids is 1. The maximum absolute atomic E-state index is 12.5. The number of aliphatic carboxylic acids is 1. The zero-order chi connectivity index (χ0) is 16.3. The zero-order valence-electron chi connectivity index (χ0n) is 12.0. The summed E-state index contributed by atoms with van der Waals surface area (Å²) < 4.78 is 5.30. The first-order valence-electron chi connectivity index (χ1n) is 6.76. The van der Waals surface area contributed by atoms with Crippen LogP contribution in [0.15, 0.2) is 18.2 Å². The Hall–Kier alpha value is -2.48. The van der Waals surface area contributed by atoms with Crippen molar-refractivity contribution >= 4 is 17.6 Å². The summed E-state index contributed by atoms with van der Waals surface area (Å²) in [7, 11) is 0. The van der Waals surface area contributed by atoms with E-state index in [9.17, 15) is 19.7 Å². The van der Waals surface area contributed by atoms with Gasteiger partial charge in [-0.2, -0.15) is 0 Å². The van der Waals surface area contributed by atoms with E-state index in [0.29, 0.717) is 0 Å². The van der Waals surface area contributed by atoms with Gasteiger partial charge in [-0.1, -0.05) is 6.07 Å². The maximum Gasteiger partial charge on any atom is 0.306 e. The fourth-order valence-corrected chi connectivity index (χ4v) is 2.37. The second-order valence-electron chi connectivity index (χ2n) is 5.12. The minimum Gasteiger partial charge on any atom is -0.481 e. The molecule has 0 bridgehead atoms.